The van der Waals surface area contributed by atoms with Crippen LogP contribution in [0.4, 0.5) is 0 Å². The molecule has 0 atom stereocenters. The number of hydrogen-bond acceptors (Lipinski definition) is 23. The highest BCUT2D eigenvalue weighted by Crippen LogP contribution is 2.48. The van der Waals surface area contributed by atoms with Gasteiger partial charge in [-0.05, 0) is 28.8 Å². The van der Waals surface area contributed by atoms with Gasteiger partial charge in [-0.2, -0.15) is 0 Å². The molecule has 3 aromatic rings. The van der Waals surface area contributed by atoms with Crippen molar-refractivity contribution in [2.75, 3.05) is 277 Å². The zero-order valence-electron chi connectivity index (χ0n) is 51.6. The maximum absolute atomic E-state index is 10.4. The van der Waals surface area contributed by atoms with Crippen LogP contribution in [-0.2, 0) is 104 Å². The largest absolute Gasteiger partial charge is 0.497 e. The van der Waals surface area contributed by atoms with Crippen LogP contribution in [0.1, 0.15) is 23.1 Å². The number of ether oxygens (including phenoxy) is 21. The zero-order chi connectivity index (χ0) is 61.5. The first-order chi connectivity index (χ1) is 43.2. The van der Waals surface area contributed by atoms with E-state index in [1.54, 1.807) is 7.11 Å². The van der Waals surface area contributed by atoms with Crippen LogP contribution < -0.4 is 4.74 Å². The Bertz CT molecular complexity index is 1860. The van der Waals surface area contributed by atoms with Gasteiger partial charge in [0, 0.05) is 5.75 Å². The molecule has 87 heavy (non-hydrogen) atoms. The minimum atomic E-state index is -0.879. The summed E-state index contributed by atoms with van der Waals surface area (Å²) in [6, 6.07) is 29.6. The third kappa shape index (κ3) is 44.6. The van der Waals surface area contributed by atoms with Crippen molar-refractivity contribution < 1.29 is 109 Å². The molecule has 0 fully saturated rings. The first-order valence-electron chi connectivity index (χ1n) is 30.3. The Morgan fingerprint density at radius 3 is 0.690 bits per heavy atom. The number of thioether (sulfide) groups is 1. The SMILES string of the molecule is COc1ccc(C(SCCOCCOCCOCCOCCOCCOCCOCCOCCOCCOCCOCCOCCOCCOCCOCCOCCOCCOCCOCCOCCC(=O)O)(c2ccccc2)c2ccccc2)cc1. The maximum atomic E-state index is 10.4. The van der Waals surface area contributed by atoms with Gasteiger partial charge >= 0.3 is 5.97 Å². The van der Waals surface area contributed by atoms with E-state index in [0.29, 0.717) is 258 Å². The lowest BCUT2D eigenvalue weighted by molar-refractivity contribution is -0.138. The van der Waals surface area contributed by atoms with Gasteiger partial charge in [-0.15, -0.1) is 11.8 Å². The molecule has 0 amide bonds. The number of benzene rings is 3. The van der Waals surface area contributed by atoms with E-state index in [-0.39, 0.29) is 13.0 Å². The van der Waals surface area contributed by atoms with Gasteiger partial charge in [-0.1, -0.05) is 72.8 Å². The van der Waals surface area contributed by atoms with E-state index < -0.39 is 10.7 Å². The monoisotopic (exact) mass is 1260 g/mol. The smallest absolute Gasteiger partial charge is 0.305 e. The maximum Gasteiger partial charge on any atom is 0.305 e. The fraction of sp³-hybridized carbons (Fsp3) is 0.698. The summed E-state index contributed by atoms with van der Waals surface area (Å²) in [4.78, 5) is 10.4. The number of methoxy groups -OCH3 is 1. The van der Waals surface area contributed by atoms with E-state index in [1.807, 2.05) is 23.9 Å². The summed E-state index contributed by atoms with van der Waals surface area (Å²) in [5.74, 6) is 0.742. The second-order valence-electron chi connectivity index (χ2n) is 18.4. The lowest BCUT2D eigenvalue weighted by Crippen LogP contribution is -2.27. The summed E-state index contributed by atoms with van der Waals surface area (Å²) >= 11 is 1.87. The molecule has 498 valence electrons. The molecular weight excluding hydrogens is 1160 g/mol. The Morgan fingerprint density at radius 2 is 0.483 bits per heavy atom. The Hall–Kier alpha value is -3.52. The quantitative estimate of drug-likeness (QED) is 0.0541. The van der Waals surface area contributed by atoms with Crippen LogP contribution in [0, 0.1) is 0 Å². The first kappa shape index (κ1) is 77.7. The molecule has 0 saturated carbocycles. The summed E-state index contributed by atoms with van der Waals surface area (Å²) in [5.41, 5.74) is 3.61. The number of carbonyl (C=O) groups is 1. The van der Waals surface area contributed by atoms with Crippen molar-refractivity contribution >= 4 is 17.7 Å². The number of hydrogen-bond donors (Lipinski definition) is 1. The molecule has 0 radical (unpaired) electrons. The van der Waals surface area contributed by atoms with Crippen LogP contribution in [-0.4, -0.2) is 288 Å². The van der Waals surface area contributed by atoms with E-state index in [4.69, 9.17) is 105 Å². The minimum Gasteiger partial charge on any atom is -0.497 e. The van der Waals surface area contributed by atoms with Crippen molar-refractivity contribution in [1.29, 1.82) is 0 Å². The molecule has 0 heterocycles. The van der Waals surface area contributed by atoms with Crippen molar-refractivity contribution in [1.82, 2.24) is 0 Å². The Kier molecular flexibility index (Phi) is 53.7. The van der Waals surface area contributed by atoms with Crippen LogP contribution in [0.5, 0.6) is 5.75 Å². The van der Waals surface area contributed by atoms with Gasteiger partial charge in [-0.3, -0.25) is 4.79 Å². The highest BCUT2D eigenvalue weighted by Gasteiger charge is 2.37. The lowest BCUT2D eigenvalue weighted by Gasteiger charge is -2.35. The summed E-state index contributed by atoms with van der Waals surface area (Å²) < 4.78 is 116. The Labute approximate surface area is 520 Å². The van der Waals surface area contributed by atoms with E-state index in [1.165, 1.54) is 16.7 Å². The van der Waals surface area contributed by atoms with Crippen molar-refractivity contribution in [3.05, 3.63) is 102 Å². The third-order valence-electron chi connectivity index (χ3n) is 11.9. The Morgan fingerprint density at radius 1 is 0.287 bits per heavy atom. The second-order valence-corrected chi connectivity index (χ2v) is 19.7. The summed E-state index contributed by atoms with van der Waals surface area (Å²) in [6.45, 7) is 18.8. The number of rotatable bonds is 68. The second kappa shape index (κ2) is 60.1. The van der Waals surface area contributed by atoms with E-state index >= 15 is 0 Å². The highest BCUT2D eigenvalue weighted by atomic mass is 32.2. The molecule has 0 bridgehead atoms. The molecule has 0 aliphatic heterocycles. The molecular formula is C63H102O23S. The van der Waals surface area contributed by atoms with Gasteiger partial charge < -0.3 is 105 Å². The molecule has 3 aromatic carbocycles. The highest BCUT2D eigenvalue weighted by molar-refractivity contribution is 8.00. The van der Waals surface area contributed by atoms with Crippen molar-refractivity contribution in [2.45, 2.75) is 11.2 Å². The third-order valence-corrected chi connectivity index (χ3v) is 13.4. The van der Waals surface area contributed by atoms with Gasteiger partial charge in [0.15, 0.2) is 0 Å². The number of carboxylic acid groups (broad SMARTS) is 1. The van der Waals surface area contributed by atoms with Crippen molar-refractivity contribution in [3.63, 3.8) is 0 Å². The topological polar surface area (TPSA) is 231 Å². The molecule has 24 heteroatoms. The molecule has 1 N–H and O–H groups in total. The Balaban J connectivity index is 0.914. The zero-order valence-corrected chi connectivity index (χ0v) is 52.4. The van der Waals surface area contributed by atoms with Crippen LogP contribution >= 0.6 is 11.8 Å². The van der Waals surface area contributed by atoms with E-state index in [0.717, 1.165) is 11.5 Å². The molecule has 0 saturated heterocycles. The summed E-state index contributed by atoms with van der Waals surface area (Å²) in [7, 11) is 1.69. The van der Waals surface area contributed by atoms with Gasteiger partial charge in [0.2, 0.25) is 0 Å². The minimum absolute atomic E-state index is 0.00975. The average molecular weight is 1260 g/mol. The van der Waals surface area contributed by atoms with Crippen LogP contribution in [0.15, 0.2) is 84.9 Å². The molecule has 0 unspecified atom stereocenters. The van der Waals surface area contributed by atoms with E-state index in [2.05, 4.69) is 72.8 Å². The van der Waals surface area contributed by atoms with Crippen LogP contribution in [0.2, 0.25) is 0 Å². The van der Waals surface area contributed by atoms with E-state index in [9.17, 15) is 4.79 Å². The molecule has 23 nitrogen and oxygen atoms in total. The van der Waals surface area contributed by atoms with Crippen LogP contribution in [0.3, 0.4) is 0 Å². The number of aliphatic carboxylic acids is 1. The molecule has 0 aliphatic rings. The fourth-order valence-corrected chi connectivity index (χ4v) is 9.03. The molecule has 0 aliphatic carbocycles. The van der Waals surface area contributed by atoms with Crippen LogP contribution in [0.25, 0.3) is 0 Å². The standard InChI is InChI=1S/C63H102O23S/c1-66-61-14-12-60(13-15-61)63(58-8-4-2-5-9-58,59-10-6-3-7-11-59)87-57-56-86-55-54-85-53-52-84-51-50-83-49-48-82-47-46-81-45-44-80-43-42-79-41-40-78-39-38-77-37-36-76-35-34-75-33-32-74-31-30-73-29-28-72-27-26-71-25-24-70-23-22-69-21-20-68-19-18-67-17-16-62(64)65/h2-15H,16-57H2,1H3,(H,64,65). The van der Waals surface area contributed by atoms with Gasteiger partial charge in [0.1, 0.15) is 5.75 Å². The average Bonchev–Trinajstić information content (AvgIpc) is 1.31. The van der Waals surface area contributed by atoms with Crippen molar-refractivity contribution in [2.24, 2.45) is 0 Å². The van der Waals surface area contributed by atoms with Gasteiger partial charge in [0.25, 0.3) is 0 Å². The fourth-order valence-electron chi connectivity index (χ4n) is 7.62. The normalized spacial score (nSPS) is 11.7. The first-order valence-corrected chi connectivity index (χ1v) is 31.3. The van der Waals surface area contributed by atoms with Gasteiger partial charge in [0.05, 0.1) is 283 Å². The van der Waals surface area contributed by atoms with Crippen molar-refractivity contribution in [3.8, 4) is 5.75 Å². The lowest BCUT2D eigenvalue weighted by atomic mass is 9.84. The molecule has 0 spiro atoms. The molecule has 3 rings (SSSR count). The summed E-state index contributed by atoms with van der Waals surface area (Å²) in [6.07, 6.45) is -0.00975. The number of carboxylic acids is 1. The predicted molar refractivity (Wildman–Crippen MR) is 327 cm³/mol. The molecule has 0 aromatic heterocycles. The summed E-state index contributed by atoms with van der Waals surface area (Å²) in [5, 5.41) is 8.53. The van der Waals surface area contributed by atoms with Gasteiger partial charge in [-0.25, -0.2) is 0 Å². The predicted octanol–water partition coefficient (Wildman–Crippen LogP) is 5.53.